The lowest BCUT2D eigenvalue weighted by Crippen LogP contribution is -2.38. The Balaban J connectivity index is 1.91. The summed E-state index contributed by atoms with van der Waals surface area (Å²) in [6.07, 6.45) is 2.83. The van der Waals surface area contributed by atoms with Crippen LogP contribution >= 0.6 is 0 Å². The SMILES string of the molecule is CCOC(=O)c1cnc(-c2ccccc2)nc1N1CCC(C(=O)OC)CC1. The summed E-state index contributed by atoms with van der Waals surface area (Å²) in [7, 11) is 1.41. The van der Waals surface area contributed by atoms with Crippen molar-refractivity contribution in [2.24, 2.45) is 5.92 Å². The Bertz CT molecular complexity index is 802. The normalized spacial score (nSPS) is 14.7. The number of rotatable bonds is 5. The van der Waals surface area contributed by atoms with Gasteiger partial charge in [0.05, 0.1) is 19.6 Å². The molecule has 7 heteroatoms. The number of aromatic nitrogens is 2. The van der Waals surface area contributed by atoms with Crippen molar-refractivity contribution >= 4 is 17.8 Å². The van der Waals surface area contributed by atoms with Gasteiger partial charge in [0.15, 0.2) is 5.82 Å². The van der Waals surface area contributed by atoms with Crippen LogP contribution in [-0.2, 0) is 14.3 Å². The van der Waals surface area contributed by atoms with E-state index in [0.29, 0.717) is 43.1 Å². The van der Waals surface area contributed by atoms with Gasteiger partial charge in [0.1, 0.15) is 11.4 Å². The molecule has 7 nitrogen and oxygen atoms in total. The van der Waals surface area contributed by atoms with Crippen molar-refractivity contribution in [3.05, 3.63) is 42.1 Å². The third-order valence-electron chi connectivity index (χ3n) is 4.62. The van der Waals surface area contributed by atoms with E-state index in [2.05, 4.69) is 9.97 Å². The van der Waals surface area contributed by atoms with E-state index in [1.165, 1.54) is 13.3 Å². The van der Waals surface area contributed by atoms with Crippen molar-refractivity contribution in [1.29, 1.82) is 0 Å². The minimum atomic E-state index is -0.442. The van der Waals surface area contributed by atoms with E-state index in [0.717, 1.165) is 5.56 Å². The van der Waals surface area contributed by atoms with Gasteiger partial charge in [-0.15, -0.1) is 0 Å². The van der Waals surface area contributed by atoms with E-state index < -0.39 is 5.97 Å². The number of hydrogen-bond donors (Lipinski definition) is 0. The Hall–Kier alpha value is -2.96. The molecule has 1 aliphatic heterocycles. The molecule has 0 bridgehead atoms. The molecule has 0 N–H and O–H groups in total. The summed E-state index contributed by atoms with van der Waals surface area (Å²) in [5.74, 6) is 0.349. The number of esters is 2. The number of benzene rings is 1. The highest BCUT2D eigenvalue weighted by Crippen LogP contribution is 2.27. The second-order valence-electron chi connectivity index (χ2n) is 6.30. The maximum atomic E-state index is 12.4. The van der Waals surface area contributed by atoms with Gasteiger partial charge in [-0.1, -0.05) is 30.3 Å². The molecule has 142 valence electrons. The van der Waals surface area contributed by atoms with E-state index in [1.807, 2.05) is 35.2 Å². The number of anilines is 1. The van der Waals surface area contributed by atoms with E-state index in [1.54, 1.807) is 6.92 Å². The Morgan fingerprint density at radius 3 is 2.52 bits per heavy atom. The summed E-state index contributed by atoms with van der Waals surface area (Å²) in [5, 5.41) is 0. The summed E-state index contributed by atoms with van der Waals surface area (Å²) in [6, 6.07) is 9.60. The highest BCUT2D eigenvalue weighted by Gasteiger charge is 2.29. The molecule has 0 radical (unpaired) electrons. The third-order valence-corrected chi connectivity index (χ3v) is 4.62. The molecule has 2 aromatic rings. The topological polar surface area (TPSA) is 81.6 Å². The number of piperidine rings is 1. The Labute approximate surface area is 158 Å². The van der Waals surface area contributed by atoms with Crippen LogP contribution in [0.25, 0.3) is 11.4 Å². The second kappa shape index (κ2) is 8.62. The molecule has 1 fully saturated rings. The number of nitrogens with zero attached hydrogens (tertiary/aromatic N) is 3. The van der Waals surface area contributed by atoms with Gasteiger partial charge in [-0.3, -0.25) is 4.79 Å². The van der Waals surface area contributed by atoms with E-state index >= 15 is 0 Å². The molecule has 2 heterocycles. The van der Waals surface area contributed by atoms with Gasteiger partial charge in [0.2, 0.25) is 0 Å². The van der Waals surface area contributed by atoms with Gasteiger partial charge in [0.25, 0.3) is 0 Å². The molecule has 1 saturated heterocycles. The lowest BCUT2D eigenvalue weighted by Gasteiger charge is -2.32. The van der Waals surface area contributed by atoms with Crippen molar-refractivity contribution in [3.63, 3.8) is 0 Å². The Kier molecular flexibility index (Phi) is 6.01. The molecule has 0 aliphatic carbocycles. The lowest BCUT2D eigenvalue weighted by atomic mass is 9.97. The van der Waals surface area contributed by atoms with E-state index in [9.17, 15) is 9.59 Å². The number of carbonyl (C=O) groups excluding carboxylic acids is 2. The number of ether oxygens (including phenoxy) is 2. The quantitative estimate of drug-likeness (QED) is 0.750. The summed E-state index contributed by atoms with van der Waals surface area (Å²) >= 11 is 0. The largest absolute Gasteiger partial charge is 0.469 e. The predicted molar refractivity (Wildman–Crippen MR) is 100 cm³/mol. The van der Waals surface area contributed by atoms with Gasteiger partial charge in [-0.25, -0.2) is 14.8 Å². The minimum Gasteiger partial charge on any atom is -0.469 e. The van der Waals surface area contributed by atoms with E-state index in [-0.39, 0.29) is 18.5 Å². The van der Waals surface area contributed by atoms with E-state index in [4.69, 9.17) is 9.47 Å². The van der Waals surface area contributed by atoms with Crippen molar-refractivity contribution in [3.8, 4) is 11.4 Å². The molecule has 0 atom stereocenters. The first kappa shape index (κ1) is 18.8. The molecule has 0 spiro atoms. The van der Waals surface area contributed by atoms with Crippen LogP contribution in [0, 0.1) is 5.92 Å². The molecule has 1 aromatic heterocycles. The Morgan fingerprint density at radius 2 is 1.89 bits per heavy atom. The highest BCUT2D eigenvalue weighted by molar-refractivity contribution is 5.95. The fraction of sp³-hybridized carbons (Fsp3) is 0.400. The summed E-state index contributed by atoms with van der Waals surface area (Å²) in [6.45, 7) is 3.26. The maximum Gasteiger partial charge on any atom is 0.343 e. The molecular formula is C20H23N3O4. The van der Waals surface area contributed by atoms with Crippen LogP contribution in [0.15, 0.2) is 36.5 Å². The average Bonchev–Trinajstić information content (AvgIpc) is 2.73. The van der Waals surface area contributed by atoms with Crippen LogP contribution < -0.4 is 4.90 Å². The summed E-state index contributed by atoms with van der Waals surface area (Å²) < 4.78 is 10.0. The smallest absolute Gasteiger partial charge is 0.343 e. The monoisotopic (exact) mass is 369 g/mol. The first-order chi connectivity index (χ1) is 13.1. The molecule has 1 aromatic carbocycles. The molecule has 0 saturated carbocycles. The minimum absolute atomic E-state index is 0.118. The standard InChI is InChI=1S/C20H23N3O4/c1-3-27-20(25)16-13-21-17(14-7-5-4-6-8-14)22-18(16)23-11-9-15(10-12-23)19(24)26-2/h4-8,13,15H,3,9-12H2,1-2H3. The van der Waals surface area contributed by atoms with Crippen LogP contribution in [0.4, 0.5) is 5.82 Å². The zero-order valence-electron chi connectivity index (χ0n) is 15.6. The number of methoxy groups -OCH3 is 1. The molecule has 0 unspecified atom stereocenters. The zero-order chi connectivity index (χ0) is 19.2. The van der Waals surface area contributed by atoms with Crippen molar-refractivity contribution in [1.82, 2.24) is 9.97 Å². The highest BCUT2D eigenvalue weighted by atomic mass is 16.5. The summed E-state index contributed by atoms with van der Waals surface area (Å²) in [5.41, 5.74) is 1.21. The molecular weight excluding hydrogens is 346 g/mol. The van der Waals surface area contributed by atoms with Crippen molar-refractivity contribution in [2.45, 2.75) is 19.8 Å². The molecule has 27 heavy (non-hydrogen) atoms. The Morgan fingerprint density at radius 1 is 1.19 bits per heavy atom. The predicted octanol–water partition coefficient (Wildman–Crippen LogP) is 2.71. The van der Waals surface area contributed by atoms with Crippen LogP contribution in [0.1, 0.15) is 30.1 Å². The van der Waals surface area contributed by atoms with Gasteiger partial charge in [-0.2, -0.15) is 0 Å². The molecule has 1 aliphatic rings. The third kappa shape index (κ3) is 4.24. The van der Waals surface area contributed by atoms with Crippen LogP contribution in [0.5, 0.6) is 0 Å². The fourth-order valence-electron chi connectivity index (χ4n) is 3.19. The van der Waals surface area contributed by atoms with Gasteiger partial charge >= 0.3 is 11.9 Å². The van der Waals surface area contributed by atoms with Gasteiger partial charge in [-0.05, 0) is 19.8 Å². The number of carbonyl (C=O) groups is 2. The van der Waals surface area contributed by atoms with Gasteiger partial charge in [0, 0.05) is 24.8 Å². The average molecular weight is 369 g/mol. The fourth-order valence-corrected chi connectivity index (χ4v) is 3.19. The van der Waals surface area contributed by atoms with Crippen molar-refractivity contribution in [2.75, 3.05) is 31.7 Å². The van der Waals surface area contributed by atoms with Crippen LogP contribution in [0.2, 0.25) is 0 Å². The van der Waals surface area contributed by atoms with Crippen LogP contribution in [0.3, 0.4) is 0 Å². The van der Waals surface area contributed by atoms with Gasteiger partial charge < -0.3 is 14.4 Å². The lowest BCUT2D eigenvalue weighted by molar-refractivity contribution is -0.146. The van der Waals surface area contributed by atoms with Crippen LogP contribution in [-0.4, -0.2) is 48.7 Å². The second-order valence-corrected chi connectivity index (χ2v) is 6.30. The first-order valence-corrected chi connectivity index (χ1v) is 9.06. The summed E-state index contributed by atoms with van der Waals surface area (Å²) in [4.78, 5) is 35.2. The zero-order valence-corrected chi connectivity index (χ0v) is 15.6. The van der Waals surface area contributed by atoms with Crippen molar-refractivity contribution < 1.29 is 19.1 Å². The number of hydrogen-bond acceptors (Lipinski definition) is 7. The molecule has 0 amide bonds. The first-order valence-electron chi connectivity index (χ1n) is 9.06. The maximum absolute atomic E-state index is 12.4. The molecule has 3 rings (SSSR count).